The predicted octanol–water partition coefficient (Wildman–Crippen LogP) is 3.04. The van der Waals surface area contributed by atoms with E-state index in [0.29, 0.717) is 24.5 Å². The van der Waals surface area contributed by atoms with Crippen molar-refractivity contribution < 1.29 is 9.53 Å². The van der Waals surface area contributed by atoms with Gasteiger partial charge in [-0.3, -0.25) is 4.98 Å². The second-order valence-corrected chi connectivity index (χ2v) is 5.10. The number of aromatic nitrogens is 1. The van der Waals surface area contributed by atoms with Gasteiger partial charge in [0, 0.05) is 18.4 Å². The third-order valence-electron chi connectivity index (χ3n) is 3.29. The first-order valence-corrected chi connectivity index (χ1v) is 7.72. The summed E-state index contributed by atoms with van der Waals surface area (Å²) in [6.45, 7) is 0.845. The van der Waals surface area contributed by atoms with Crippen LogP contribution in [-0.2, 0) is 6.54 Å². The Kier molecular flexibility index (Phi) is 6.84. The number of pyridine rings is 1. The Bertz CT molecular complexity index is 761. The Hall–Kier alpha value is -3.51. The summed E-state index contributed by atoms with van der Waals surface area (Å²) in [7, 11) is 0. The van der Waals surface area contributed by atoms with Gasteiger partial charge in [0.2, 0.25) is 0 Å². The SMILES string of the molecule is C#CCOc1ccc(NC(=O)N(CCC#N)Cc2ccccn2)cc1. The molecule has 0 saturated carbocycles. The van der Waals surface area contributed by atoms with Crippen LogP contribution in [0.15, 0.2) is 48.7 Å². The molecule has 0 saturated heterocycles. The fourth-order valence-corrected chi connectivity index (χ4v) is 2.09. The largest absolute Gasteiger partial charge is 0.481 e. The molecule has 1 aromatic carbocycles. The van der Waals surface area contributed by atoms with Crippen molar-refractivity contribution in [2.45, 2.75) is 13.0 Å². The number of rotatable bonds is 7. The summed E-state index contributed by atoms with van der Waals surface area (Å²) < 4.78 is 5.29. The van der Waals surface area contributed by atoms with Crippen LogP contribution < -0.4 is 10.1 Å². The maximum absolute atomic E-state index is 12.5. The second-order valence-electron chi connectivity index (χ2n) is 5.10. The third-order valence-corrected chi connectivity index (χ3v) is 3.29. The third kappa shape index (κ3) is 5.89. The molecular weight excluding hydrogens is 316 g/mol. The van der Waals surface area contributed by atoms with Crippen molar-refractivity contribution in [3.63, 3.8) is 0 Å². The second kappa shape index (κ2) is 9.59. The van der Waals surface area contributed by atoms with Gasteiger partial charge in [0.25, 0.3) is 0 Å². The van der Waals surface area contributed by atoms with Crippen LogP contribution in [0.3, 0.4) is 0 Å². The molecule has 0 aliphatic carbocycles. The van der Waals surface area contributed by atoms with Crippen LogP contribution in [0.4, 0.5) is 10.5 Å². The highest BCUT2D eigenvalue weighted by Gasteiger charge is 2.14. The van der Waals surface area contributed by atoms with Crippen molar-refractivity contribution in [3.8, 4) is 24.2 Å². The van der Waals surface area contributed by atoms with Crippen LogP contribution in [0.2, 0.25) is 0 Å². The van der Waals surface area contributed by atoms with Gasteiger partial charge in [-0.1, -0.05) is 12.0 Å². The monoisotopic (exact) mass is 334 g/mol. The average molecular weight is 334 g/mol. The van der Waals surface area contributed by atoms with Crippen molar-refractivity contribution >= 4 is 11.7 Å². The molecular formula is C19H18N4O2. The van der Waals surface area contributed by atoms with Gasteiger partial charge in [0.15, 0.2) is 0 Å². The quantitative estimate of drug-likeness (QED) is 0.790. The normalized spacial score (nSPS) is 9.52. The van der Waals surface area contributed by atoms with Crippen LogP contribution in [-0.4, -0.2) is 29.1 Å². The Morgan fingerprint density at radius 2 is 2.08 bits per heavy atom. The van der Waals surface area contributed by atoms with E-state index >= 15 is 0 Å². The molecule has 6 nitrogen and oxygen atoms in total. The average Bonchev–Trinajstić information content (AvgIpc) is 2.65. The molecule has 2 aromatic rings. The van der Waals surface area contributed by atoms with Crippen molar-refractivity contribution in [1.29, 1.82) is 5.26 Å². The standard InChI is InChI=1S/C19H18N4O2/c1-2-14-25-18-9-7-16(8-10-18)22-19(24)23(13-5-11-20)15-17-6-3-4-12-21-17/h1,3-4,6-10,12H,5,13-15H2,(H,22,24). The van der Waals surface area contributed by atoms with E-state index in [4.69, 9.17) is 16.4 Å². The minimum atomic E-state index is -0.293. The van der Waals surface area contributed by atoms with Crippen LogP contribution in [0.5, 0.6) is 5.75 Å². The smallest absolute Gasteiger partial charge is 0.322 e. The molecule has 126 valence electrons. The molecule has 0 atom stereocenters. The summed E-state index contributed by atoms with van der Waals surface area (Å²) in [6.07, 6.45) is 7.06. The lowest BCUT2D eigenvalue weighted by Crippen LogP contribution is -2.35. The lowest BCUT2D eigenvalue weighted by molar-refractivity contribution is 0.209. The maximum atomic E-state index is 12.5. The first-order valence-electron chi connectivity index (χ1n) is 7.72. The van der Waals surface area contributed by atoms with Gasteiger partial charge in [-0.15, -0.1) is 6.42 Å². The number of amides is 2. The van der Waals surface area contributed by atoms with Crippen molar-refractivity contribution in [2.24, 2.45) is 0 Å². The molecule has 0 aliphatic rings. The molecule has 1 N–H and O–H groups in total. The van der Waals surface area contributed by atoms with E-state index in [1.54, 1.807) is 35.4 Å². The summed E-state index contributed by atoms with van der Waals surface area (Å²) in [4.78, 5) is 18.3. The molecule has 0 aliphatic heterocycles. The van der Waals surface area contributed by atoms with Crippen LogP contribution in [0.25, 0.3) is 0 Å². The zero-order chi connectivity index (χ0) is 17.9. The predicted molar refractivity (Wildman–Crippen MR) is 94.7 cm³/mol. The molecule has 6 heteroatoms. The fraction of sp³-hybridized carbons (Fsp3) is 0.211. The van der Waals surface area contributed by atoms with Gasteiger partial charge in [-0.25, -0.2) is 4.79 Å². The molecule has 1 heterocycles. The molecule has 2 amide bonds. The zero-order valence-corrected chi connectivity index (χ0v) is 13.7. The Morgan fingerprint density at radius 3 is 2.72 bits per heavy atom. The number of nitrogens with zero attached hydrogens (tertiary/aromatic N) is 3. The number of nitrogens with one attached hydrogen (secondary N) is 1. The summed E-state index contributed by atoms with van der Waals surface area (Å²) in [6, 6.07) is 14.2. The molecule has 0 spiro atoms. The molecule has 0 bridgehead atoms. The summed E-state index contributed by atoms with van der Waals surface area (Å²) in [5.41, 5.74) is 1.38. The highest BCUT2D eigenvalue weighted by molar-refractivity contribution is 5.89. The molecule has 1 aromatic heterocycles. The highest BCUT2D eigenvalue weighted by Crippen LogP contribution is 2.16. The lowest BCUT2D eigenvalue weighted by atomic mass is 10.3. The van der Waals surface area contributed by atoms with Crippen molar-refractivity contribution in [3.05, 3.63) is 54.4 Å². The lowest BCUT2D eigenvalue weighted by Gasteiger charge is -2.21. The number of carbonyl (C=O) groups is 1. The topological polar surface area (TPSA) is 78.2 Å². The van der Waals surface area contributed by atoms with Crippen LogP contribution in [0, 0.1) is 23.7 Å². The van der Waals surface area contributed by atoms with E-state index < -0.39 is 0 Å². The zero-order valence-electron chi connectivity index (χ0n) is 13.7. The summed E-state index contributed by atoms with van der Waals surface area (Å²) in [5.74, 6) is 3.02. The van der Waals surface area contributed by atoms with Gasteiger partial charge in [-0.05, 0) is 36.4 Å². The van der Waals surface area contributed by atoms with Gasteiger partial charge in [0.1, 0.15) is 12.4 Å². The number of urea groups is 1. The minimum absolute atomic E-state index is 0.192. The van der Waals surface area contributed by atoms with E-state index in [1.807, 2.05) is 18.2 Å². The number of anilines is 1. The van der Waals surface area contributed by atoms with Gasteiger partial charge in [0.05, 0.1) is 24.7 Å². The van der Waals surface area contributed by atoms with Gasteiger partial charge >= 0.3 is 6.03 Å². The molecule has 2 rings (SSSR count). The van der Waals surface area contributed by atoms with E-state index in [1.165, 1.54) is 0 Å². The van der Waals surface area contributed by atoms with E-state index in [0.717, 1.165) is 5.69 Å². The van der Waals surface area contributed by atoms with Crippen molar-refractivity contribution in [2.75, 3.05) is 18.5 Å². The van der Waals surface area contributed by atoms with E-state index in [-0.39, 0.29) is 19.1 Å². The summed E-state index contributed by atoms with van der Waals surface area (Å²) in [5, 5.41) is 11.6. The van der Waals surface area contributed by atoms with Crippen molar-refractivity contribution in [1.82, 2.24) is 9.88 Å². The number of nitriles is 1. The first-order chi connectivity index (χ1) is 12.2. The van der Waals surface area contributed by atoms with E-state index in [9.17, 15) is 4.79 Å². The molecule has 0 unspecified atom stereocenters. The molecule has 0 radical (unpaired) electrons. The van der Waals surface area contributed by atoms with Crippen LogP contribution in [0.1, 0.15) is 12.1 Å². The fourth-order valence-electron chi connectivity index (χ4n) is 2.09. The minimum Gasteiger partial charge on any atom is -0.481 e. The number of hydrogen-bond donors (Lipinski definition) is 1. The Labute approximate surface area is 147 Å². The molecule has 25 heavy (non-hydrogen) atoms. The van der Waals surface area contributed by atoms with Crippen LogP contribution >= 0.6 is 0 Å². The number of benzene rings is 1. The highest BCUT2D eigenvalue weighted by atomic mass is 16.5. The number of hydrogen-bond acceptors (Lipinski definition) is 4. The number of carbonyl (C=O) groups excluding carboxylic acids is 1. The number of ether oxygens (including phenoxy) is 1. The Balaban J connectivity index is 2.01. The van der Waals surface area contributed by atoms with Gasteiger partial charge in [-0.2, -0.15) is 5.26 Å². The number of terminal acetylenes is 1. The maximum Gasteiger partial charge on any atom is 0.322 e. The Morgan fingerprint density at radius 1 is 1.28 bits per heavy atom. The van der Waals surface area contributed by atoms with Gasteiger partial charge < -0.3 is 15.0 Å². The first kappa shape index (κ1) is 17.8. The van der Waals surface area contributed by atoms with E-state index in [2.05, 4.69) is 22.3 Å². The molecule has 0 fully saturated rings. The summed E-state index contributed by atoms with van der Waals surface area (Å²) >= 11 is 0.